The summed E-state index contributed by atoms with van der Waals surface area (Å²) < 4.78 is 29.8. The normalized spacial score (nSPS) is 15.6. The highest BCUT2D eigenvalue weighted by atomic mass is 127. The van der Waals surface area contributed by atoms with Gasteiger partial charge in [-0.2, -0.15) is 0 Å². The molecule has 0 radical (unpaired) electrons. The lowest BCUT2D eigenvalue weighted by Crippen LogP contribution is -2.35. The first kappa shape index (κ1) is 29.0. The highest BCUT2D eigenvalue weighted by molar-refractivity contribution is 14.1. The highest BCUT2D eigenvalue weighted by Crippen LogP contribution is 2.38. The average Bonchev–Trinajstić information content (AvgIpc) is 3.43. The molecule has 216 valence electrons. The van der Waals surface area contributed by atoms with Gasteiger partial charge in [0.1, 0.15) is 23.0 Å². The number of carbonyl (C=O) groups excluding carboxylic acids is 1. The van der Waals surface area contributed by atoms with Crippen molar-refractivity contribution in [2.24, 2.45) is 4.99 Å². The van der Waals surface area contributed by atoms with Gasteiger partial charge in [0.15, 0.2) is 11.5 Å². The topological polar surface area (TPSA) is 78.8 Å². The number of amides is 1. The number of ether oxygens (including phenoxy) is 5. The van der Waals surface area contributed by atoms with Crippen molar-refractivity contribution >= 4 is 40.4 Å². The van der Waals surface area contributed by atoms with Gasteiger partial charge in [0, 0.05) is 24.9 Å². The highest BCUT2D eigenvalue weighted by Gasteiger charge is 2.32. The van der Waals surface area contributed by atoms with Crippen molar-refractivity contribution in [1.29, 1.82) is 0 Å². The third-order valence-corrected chi connectivity index (χ3v) is 8.10. The fourth-order valence-corrected chi connectivity index (χ4v) is 5.42. The zero-order chi connectivity index (χ0) is 28.6. The van der Waals surface area contributed by atoms with Gasteiger partial charge in [0.2, 0.25) is 0 Å². The van der Waals surface area contributed by atoms with Crippen LogP contribution in [0.1, 0.15) is 48.9 Å². The minimum atomic E-state index is 0.0123. The Labute approximate surface area is 254 Å². The summed E-state index contributed by atoms with van der Waals surface area (Å²) in [6.07, 6.45) is 7.75. The van der Waals surface area contributed by atoms with E-state index in [9.17, 15) is 4.79 Å². The average molecular weight is 671 g/mol. The van der Waals surface area contributed by atoms with E-state index in [0.717, 1.165) is 71.6 Å². The van der Waals surface area contributed by atoms with Gasteiger partial charge >= 0.3 is 0 Å². The number of methoxy groups -OCH3 is 2. The van der Waals surface area contributed by atoms with Gasteiger partial charge in [-0.05, 0) is 104 Å². The minimum absolute atomic E-state index is 0.0123. The molecule has 3 aromatic rings. The maximum Gasteiger partial charge on any atom is 0.256 e. The van der Waals surface area contributed by atoms with Gasteiger partial charge in [-0.1, -0.05) is 0 Å². The Morgan fingerprint density at radius 1 is 0.829 bits per heavy atom. The molecule has 2 aliphatic rings. The van der Waals surface area contributed by atoms with Gasteiger partial charge in [0.25, 0.3) is 5.91 Å². The summed E-state index contributed by atoms with van der Waals surface area (Å²) in [7, 11) is 3.24. The van der Waals surface area contributed by atoms with Crippen LogP contribution < -0.4 is 23.7 Å². The number of hydrogen-bond donors (Lipinski definition) is 0. The number of benzene rings is 3. The Bertz CT molecular complexity index is 1380. The van der Waals surface area contributed by atoms with Crippen LogP contribution >= 0.6 is 22.6 Å². The van der Waals surface area contributed by atoms with Crippen LogP contribution in [-0.4, -0.2) is 57.0 Å². The molecule has 9 heteroatoms. The summed E-state index contributed by atoms with van der Waals surface area (Å²) in [5.41, 5.74) is 1.22. The smallest absolute Gasteiger partial charge is 0.256 e. The second kappa shape index (κ2) is 13.9. The third kappa shape index (κ3) is 7.25. The fraction of sp³-hybridized carbons (Fsp3) is 0.375. The van der Waals surface area contributed by atoms with Crippen LogP contribution in [0, 0.1) is 3.57 Å². The van der Waals surface area contributed by atoms with Gasteiger partial charge in [-0.3, -0.25) is 9.79 Å². The molecule has 5 rings (SSSR count). The Morgan fingerprint density at radius 3 is 2.32 bits per heavy atom. The molecule has 0 unspecified atom stereocenters. The molecule has 8 nitrogen and oxygen atoms in total. The van der Waals surface area contributed by atoms with Crippen LogP contribution in [0.4, 0.5) is 5.69 Å². The summed E-state index contributed by atoms with van der Waals surface area (Å²) in [4.78, 5) is 19.5. The number of carbonyl (C=O) groups is 1. The van der Waals surface area contributed by atoms with Crippen LogP contribution in [0.25, 0.3) is 0 Å². The molecule has 1 fully saturated rings. The lowest BCUT2D eigenvalue weighted by atomic mass is 10.1. The molecule has 2 aliphatic heterocycles. The van der Waals surface area contributed by atoms with Crippen molar-refractivity contribution < 1.29 is 28.5 Å². The first-order valence-electron chi connectivity index (χ1n) is 14.0. The molecule has 2 heterocycles. The molecule has 3 aromatic carbocycles. The predicted molar refractivity (Wildman–Crippen MR) is 167 cm³/mol. The second-order valence-corrected chi connectivity index (χ2v) is 11.1. The first-order chi connectivity index (χ1) is 20.1. The molecule has 1 saturated heterocycles. The van der Waals surface area contributed by atoms with Gasteiger partial charge in [-0.15, -0.1) is 0 Å². The SMILES string of the molecule is COc1ccc(Oc2cc(OCCCCCCOc3cc4c(cc3OC)C(=O)N3CCC[C@H]3C=N4)ccc2I)cc1. The zero-order valence-corrected chi connectivity index (χ0v) is 25.6. The quantitative estimate of drug-likeness (QED) is 0.139. The van der Waals surface area contributed by atoms with Gasteiger partial charge in [0.05, 0.1) is 48.3 Å². The van der Waals surface area contributed by atoms with Crippen LogP contribution in [-0.2, 0) is 0 Å². The molecule has 0 saturated carbocycles. The summed E-state index contributed by atoms with van der Waals surface area (Å²) in [5.74, 6) is 4.27. The Morgan fingerprint density at radius 2 is 1.56 bits per heavy atom. The van der Waals surface area contributed by atoms with Crippen molar-refractivity contribution in [3.05, 3.63) is 63.7 Å². The van der Waals surface area contributed by atoms with Crippen LogP contribution in [0.5, 0.6) is 34.5 Å². The standard InChI is InChI=1S/C32H35IN2O6/c1-37-23-9-11-24(12-10-23)41-29-18-25(13-14-27(29)33)39-16-5-3-4-6-17-40-31-20-28-26(19-30(31)38-2)32(36)35-15-7-8-22(35)21-34-28/h9-14,18-22H,3-8,15-17H2,1-2H3/t22-/m0/s1. The number of halogens is 1. The van der Waals surface area contributed by atoms with Gasteiger partial charge in [-0.25, -0.2) is 0 Å². The Hall–Kier alpha value is -3.47. The second-order valence-electron chi connectivity index (χ2n) is 9.99. The predicted octanol–water partition coefficient (Wildman–Crippen LogP) is 7.44. The van der Waals surface area contributed by atoms with Crippen molar-refractivity contribution in [3.8, 4) is 34.5 Å². The van der Waals surface area contributed by atoms with Crippen LogP contribution in [0.2, 0.25) is 0 Å². The molecular weight excluding hydrogens is 635 g/mol. The minimum Gasteiger partial charge on any atom is -0.497 e. The number of hydrogen-bond acceptors (Lipinski definition) is 7. The third-order valence-electron chi connectivity index (χ3n) is 7.21. The largest absolute Gasteiger partial charge is 0.497 e. The number of nitrogens with zero attached hydrogens (tertiary/aromatic N) is 2. The van der Waals surface area contributed by atoms with E-state index in [0.29, 0.717) is 36.0 Å². The first-order valence-corrected chi connectivity index (χ1v) is 15.1. The Balaban J connectivity index is 1.04. The monoisotopic (exact) mass is 670 g/mol. The molecule has 0 bridgehead atoms. The van der Waals surface area contributed by atoms with E-state index in [1.165, 1.54) is 0 Å². The molecule has 0 N–H and O–H groups in total. The van der Waals surface area contributed by atoms with Crippen LogP contribution in [0.3, 0.4) is 0 Å². The van der Waals surface area contributed by atoms with Crippen LogP contribution in [0.15, 0.2) is 59.6 Å². The van der Waals surface area contributed by atoms with Crippen molar-refractivity contribution in [2.45, 2.75) is 44.6 Å². The molecule has 1 amide bonds. The number of unbranched alkanes of at least 4 members (excludes halogenated alkanes) is 3. The van der Waals surface area contributed by atoms with Crippen molar-refractivity contribution in [3.63, 3.8) is 0 Å². The van der Waals surface area contributed by atoms with E-state index in [1.54, 1.807) is 20.3 Å². The van der Waals surface area contributed by atoms with Crippen molar-refractivity contribution in [2.75, 3.05) is 34.0 Å². The Kier molecular flexibility index (Phi) is 9.87. The summed E-state index contributed by atoms with van der Waals surface area (Å²) >= 11 is 2.26. The maximum atomic E-state index is 13.0. The summed E-state index contributed by atoms with van der Waals surface area (Å²) in [5, 5.41) is 0. The lowest BCUT2D eigenvalue weighted by Gasteiger charge is -2.20. The lowest BCUT2D eigenvalue weighted by molar-refractivity contribution is 0.0774. The van der Waals surface area contributed by atoms with E-state index >= 15 is 0 Å². The maximum absolute atomic E-state index is 13.0. The van der Waals surface area contributed by atoms with E-state index in [4.69, 9.17) is 23.7 Å². The molecule has 0 aliphatic carbocycles. The van der Waals surface area contributed by atoms with Crippen molar-refractivity contribution in [1.82, 2.24) is 4.90 Å². The van der Waals surface area contributed by atoms with E-state index in [2.05, 4.69) is 27.6 Å². The molecule has 0 spiro atoms. The van der Waals surface area contributed by atoms with E-state index in [-0.39, 0.29) is 11.9 Å². The fourth-order valence-electron chi connectivity index (χ4n) is 4.97. The zero-order valence-electron chi connectivity index (χ0n) is 23.4. The summed E-state index contributed by atoms with van der Waals surface area (Å²) in [6, 6.07) is 17.1. The van der Waals surface area contributed by atoms with Gasteiger partial charge < -0.3 is 28.6 Å². The molecule has 41 heavy (non-hydrogen) atoms. The summed E-state index contributed by atoms with van der Waals surface area (Å²) in [6.45, 7) is 1.96. The number of fused-ring (bicyclic) bond motifs is 2. The molecule has 1 atom stereocenters. The number of aliphatic imine (C=N–C) groups is 1. The van der Waals surface area contributed by atoms with E-state index < -0.39 is 0 Å². The molecule has 0 aromatic heterocycles. The number of rotatable bonds is 13. The molecular formula is C32H35IN2O6. The van der Waals surface area contributed by atoms with E-state index in [1.807, 2.05) is 59.6 Å².